The standard InChI is InChI=1S/C24H23N3O3/c28-23-17-30-22-10-9-19(24(29)26-13-11-21-8-4-5-12-25-21)14-20(22)16-27(23)15-18-6-2-1-3-7-18/h1-10,12,14H,11,13,15-17H2,(H,26,29). The molecule has 1 N–H and O–H groups in total. The third-order valence-electron chi connectivity index (χ3n) is 5.00. The molecule has 2 amide bonds. The second-order valence-electron chi connectivity index (χ2n) is 7.17. The molecule has 2 aromatic carbocycles. The van der Waals surface area contributed by atoms with Gasteiger partial charge in [0.15, 0.2) is 6.61 Å². The van der Waals surface area contributed by atoms with Gasteiger partial charge in [-0.2, -0.15) is 0 Å². The van der Waals surface area contributed by atoms with Crippen LogP contribution in [0.2, 0.25) is 0 Å². The van der Waals surface area contributed by atoms with Crippen LogP contribution in [0.3, 0.4) is 0 Å². The molecular formula is C24H23N3O3. The van der Waals surface area contributed by atoms with Crippen LogP contribution in [-0.4, -0.2) is 34.8 Å². The maximum atomic E-state index is 12.6. The normalized spacial score (nSPS) is 13.2. The first-order chi connectivity index (χ1) is 14.7. The van der Waals surface area contributed by atoms with Gasteiger partial charge in [0.25, 0.3) is 11.8 Å². The molecule has 0 unspecified atom stereocenters. The van der Waals surface area contributed by atoms with Gasteiger partial charge in [-0.25, -0.2) is 0 Å². The average molecular weight is 401 g/mol. The van der Waals surface area contributed by atoms with Gasteiger partial charge in [0, 0.05) is 49.1 Å². The van der Waals surface area contributed by atoms with E-state index in [-0.39, 0.29) is 18.4 Å². The summed E-state index contributed by atoms with van der Waals surface area (Å²) < 4.78 is 5.67. The van der Waals surface area contributed by atoms with Gasteiger partial charge in [0.05, 0.1) is 0 Å². The van der Waals surface area contributed by atoms with Crippen LogP contribution >= 0.6 is 0 Å². The maximum Gasteiger partial charge on any atom is 0.261 e. The van der Waals surface area contributed by atoms with Crippen LogP contribution in [0, 0.1) is 0 Å². The summed E-state index contributed by atoms with van der Waals surface area (Å²) in [6.07, 6.45) is 2.41. The molecule has 2 heterocycles. The monoisotopic (exact) mass is 401 g/mol. The van der Waals surface area contributed by atoms with E-state index in [9.17, 15) is 9.59 Å². The molecule has 6 nitrogen and oxygen atoms in total. The zero-order chi connectivity index (χ0) is 20.8. The summed E-state index contributed by atoms with van der Waals surface area (Å²) in [6, 6.07) is 20.9. The van der Waals surface area contributed by atoms with E-state index in [1.807, 2.05) is 54.6 Å². The largest absolute Gasteiger partial charge is 0.483 e. The third-order valence-corrected chi connectivity index (χ3v) is 5.00. The topological polar surface area (TPSA) is 71.5 Å². The van der Waals surface area contributed by atoms with Gasteiger partial charge in [-0.05, 0) is 35.9 Å². The Bertz CT molecular complexity index is 1020. The first-order valence-electron chi connectivity index (χ1n) is 9.94. The number of carbonyl (C=O) groups is 2. The van der Waals surface area contributed by atoms with Gasteiger partial charge in [-0.15, -0.1) is 0 Å². The molecule has 30 heavy (non-hydrogen) atoms. The van der Waals surface area contributed by atoms with Crippen molar-refractivity contribution in [2.75, 3.05) is 13.2 Å². The zero-order valence-corrected chi connectivity index (χ0v) is 16.6. The van der Waals surface area contributed by atoms with E-state index in [4.69, 9.17) is 4.74 Å². The fourth-order valence-corrected chi connectivity index (χ4v) is 3.41. The van der Waals surface area contributed by atoms with E-state index < -0.39 is 0 Å². The fraction of sp³-hybridized carbons (Fsp3) is 0.208. The van der Waals surface area contributed by atoms with Crippen molar-refractivity contribution in [1.82, 2.24) is 15.2 Å². The molecule has 152 valence electrons. The predicted molar refractivity (Wildman–Crippen MR) is 113 cm³/mol. The van der Waals surface area contributed by atoms with Crippen molar-refractivity contribution < 1.29 is 14.3 Å². The van der Waals surface area contributed by atoms with E-state index in [0.29, 0.717) is 37.4 Å². The minimum Gasteiger partial charge on any atom is -0.483 e. The molecule has 1 aromatic heterocycles. The number of benzene rings is 2. The van der Waals surface area contributed by atoms with Crippen molar-refractivity contribution in [3.8, 4) is 5.75 Å². The Kier molecular flexibility index (Phi) is 6.03. The second-order valence-corrected chi connectivity index (χ2v) is 7.17. The van der Waals surface area contributed by atoms with Crippen molar-refractivity contribution in [3.05, 3.63) is 95.3 Å². The summed E-state index contributed by atoms with van der Waals surface area (Å²) in [5.41, 5.74) is 3.36. The van der Waals surface area contributed by atoms with Crippen molar-refractivity contribution in [2.24, 2.45) is 0 Å². The Morgan fingerprint density at radius 1 is 1.07 bits per heavy atom. The molecule has 1 aliphatic rings. The molecule has 0 aliphatic carbocycles. The van der Waals surface area contributed by atoms with Crippen molar-refractivity contribution >= 4 is 11.8 Å². The van der Waals surface area contributed by atoms with Crippen LogP contribution in [0.4, 0.5) is 0 Å². The lowest BCUT2D eigenvalue weighted by atomic mass is 10.1. The SMILES string of the molecule is O=C(NCCc1ccccn1)c1ccc2c(c1)CN(Cc1ccccc1)C(=O)CO2. The highest BCUT2D eigenvalue weighted by atomic mass is 16.5. The summed E-state index contributed by atoms with van der Waals surface area (Å²) >= 11 is 0. The molecule has 0 bridgehead atoms. The second kappa shape index (κ2) is 9.22. The van der Waals surface area contributed by atoms with Crippen LogP contribution in [0.25, 0.3) is 0 Å². The van der Waals surface area contributed by atoms with Crippen LogP contribution in [0.15, 0.2) is 72.9 Å². The van der Waals surface area contributed by atoms with E-state index in [1.54, 1.807) is 23.2 Å². The molecule has 1 aliphatic heterocycles. The Labute approximate surface area is 175 Å². The number of hydrogen-bond acceptors (Lipinski definition) is 4. The number of nitrogens with one attached hydrogen (secondary N) is 1. The van der Waals surface area contributed by atoms with Gasteiger partial charge in [0.2, 0.25) is 0 Å². The number of hydrogen-bond donors (Lipinski definition) is 1. The summed E-state index contributed by atoms with van der Waals surface area (Å²) in [5, 5.41) is 2.93. The molecule has 0 atom stereocenters. The summed E-state index contributed by atoms with van der Waals surface area (Å²) in [4.78, 5) is 31.1. The Hall–Kier alpha value is -3.67. The first kappa shape index (κ1) is 19.6. The molecule has 4 rings (SSSR count). The van der Waals surface area contributed by atoms with Crippen molar-refractivity contribution in [3.63, 3.8) is 0 Å². The number of pyridine rings is 1. The van der Waals surface area contributed by atoms with Gasteiger partial charge in [0.1, 0.15) is 5.75 Å². The van der Waals surface area contributed by atoms with E-state index in [2.05, 4.69) is 10.3 Å². The van der Waals surface area contributed by atoms with Crippen LogP contribution in [0.1, 0.15) is 27.2 Å². The number of carbonyl (C=O) groups excluding carboxylic acids is 2. The van der Waals surface area contributed by atoms with Gasteiger partial charge in [-0.1, -0.05) is 36.4 Å². The number of ether oxygens (including phenoxy) is 1. The summed E-state index contributed by atoms with van der Waals surface area (Å²) in [6.45, 7) is 1.40. The minimum atomic E-state index is -0.154. The van der Waals surface area contributed by atoms with E-state index >= 15 is 0 Å². The van der Waals surface area contributed by atoms with Crippen molar-refractivity contribution in [2.45, 2.75) is 19.5 Å². The quantitative estimate of drug-likeness (QED) is 0.689. The minimum absolute atomic E-state index is 0.00451. The van der Waals surface area contributed by atoms with Gasteiger partial charge >= 0.3 is 0 Å². The lowest BCUT2D eigenvalue weighted by Gasteiger charge is -2.20. The molecule has 0 radical (unpaired) electrons. The number of rotatable bonds is 6. The van der Waals surface area contributed by atoms with Crippen molar-refractivity contribution in [1.29, 1.82) is 0 Å². The zero-order valence-electron chi connectivity index (χ0n) is 16.6. The Morgan fingerprint density at radius 2 is 1.90 bits per heavy atom. The molecule has 3 aromatic rings. The highest BCUT2D eigenvalue weighted by molar-refractivity contribution is 5.94. The maximum absolute atomic E-state index is 12.6. The smallest absolute Gasteiger partial charge is 0.261 e. The summed E-state index contributed by atoms with van der Waals surface area (Å²) in [5.74, 6) is 0.416. The molecule has 6 heteroatoms. The third kappa shape index (κ3) is 4.84. The van der Waals surface area contributed by atoms with Crippen LogP contribution < -0.4 is 10.1 Å². The lowest BCUT2D eigenvalue weighted by Crippen LogP contribution is -2.31. The number of amides is 2. The highest BCUT2D eigenvalue weighted by Crippen LogP contribution is 2.25. The Morgan fingerprint density at radius 3 is 2.70 bits per heavy atom. The Balaban J connectivity index is 1.43. The highest BCUT2D eigenvalue weighted by Gasteiger charge is 2.22. The fourth-order valence-electron chi connectivity index (χ4n) is 3.41. The van der Waals surface area contributed by atoms with E-state index in [0.717, 1.165) is 16.8 Å². The van der Waals surface area contributed by atoms with Crippen LogP contribution in [0.5, 0.6) is 5.75 Å². The summed E-state index contributed by atoms with van der Waals surface area (Å²) in [7, 11) is 0. The van der Waals surface area contributed by atoms with E-state index in [1.165, 1.54) is 0 Å². The van der Waals surface area contributed by atoms with Gasteiger partial charge in [-0.3, -0.25) is 14.6 Å². The molecule has 0 fully saturated rings. The molecular weight excluding hydrogens is 378 g/mol. The lowest BCUT2D eigenvalue weighted by molar-refractivity contribution is -0.133. The van der Waals surface area contributed by atoms with Gasteiger partial charge < -0.3 is 15.0 Å². The number of fused-ring (bicyclic) bond motifs is 1. The van der Waals surface area contributed by atoms with Crippen LogP contribution in [-0.2, 0) is 24.3 Å². The predicted octanol–water partition coefficient (Wildman–Crippen LogP) is 2.98. The molecule has 0 saturated heterocycles. The number of nitrogens with zero attached hydrogens (tertiary/aromatic N) is 2. The molecule has 0 saturated carbocycles. The number of aromatic nitrogens is 1. The molecule has 0 spiro atoms. The first-order valence-corrected chi connectivity index (χ1v) is 9.94. The average Bonchev–Trinajstić information content (AvgIpc) is 2.93.